The quantitative estimate of drug-likeness (QED) is 0.253. The molecule has 0 spiro atoms. The second-order valence-electron chi connectivity index (χ2n) is 7.99. The molecule has 0 bridgehead atoms. The summed E-state index contributed by atoms with van der Waals surface area (Å²) in [5.41, 5.74) is 0.218. The van der Waals surface area contributed by atoms with E-state index in [1.54, 1.807) is 6.08 Å². The first kappa shape index (κ1) is 28.9. The average Bonchev–Trinajstić information content (AvgIpc) is 2.72. The Bertz CT molecular complexity index is 480. The molecule has 0 radical (unpaired) electrons. The molecule has 0 saturated carbocycles. The number of carboxylic acid groups (broad SMARTS) is 1. The number of hydrogen-bond donors (Lipinski definition) is 2. The van der Waals surface area contributed by atoms with Crippen LogP contribution in [0.15, 0.2) is 11.6 Å². The summed E-state index contributed by atoms with van der Waals surface area (Å²) in [7, 11) is 0. The van der Waals surface area contributed by atoms with Crippen LogP contribution in [0.4, 0.5) is 0 Å². The van der Waals surface area contributed by atoms with E-state index < -0.39 is 5.97 Å². The molecule has 1 saturated heterocycles. The van der Waals surface area contributed by atoms with Gasteiger partial charge >= 0.3 is 5.97 Å². The van der Waals surface area contributed by atoms with Crippen molar-refractivity contribution < 1.29 is 19.4 Å². The Morgan fingerprint density at radius 2 is 1.57 bits per heavy atom. The lowest BCUT2D eigenvalue weighted by Gasteiger charge is -2.26. The number of morpholine rings is 1. The molecule has 0 aromatic heterocycles. The van der Waals surface area contributed by atoms with Gasteiger partial charge in [0.2, 0.25) is 5.91 Å². The Balaban J connectivity index is 0.00000841. The van der Waals surface area contributed by atoms with Crippen molar-refractivity contribution >= 4 is 24.3 Å². The molecular formula is C23H43ClN2O4. The number of carboxylic acids is 1. The van der Waals surface area contributed by atoms with Gasteiger partial charge in [-0.1, -0.05) is 64.4 Å². The highest BCUT2D eigenvalue weighted by molar-refractivity contribution is 5.93. The topological polar surface area (TPSA) is 78.9 Å². The van der Waals surface area contributed by atoms with Gasteiger partial charge in [-0.3, -0.25) is 9.69 Å². The van der Waals surface area contributed by atoms with Crippen LogP contribution in [0.1, 0.15) is 84.0 Å². The van der Waals surface area contributed by atoms with Crippen LogP contribution in [0.2, 0.25) is 0 Å². The lowest BCUT2D eigenvalue weighted by Crippen LogP contribution is -2.38. The lowest BCUT2D eigenvalue weighted by atomic mass is 10.0. The number of amides is 1. The fourth-order valence-corrected chi connectivity index (χ4v) is 3.56. The number of unbranched alkanes of at least 4 members (excludes halogenated alkanes) is 9. The standard InChI is InChI=1S/C23H42N2O4.ClH/c1-2-3-4-5-6-7-8-9-10-11-13-21(23(27)28)20-22(26)24-14-12-15-25-16-18-29-19-17-25;/h13H,2-12,14-20H2,1H3,(H,24,26)(H,27,28);1H/b21-13+;. The molecule has 0 aliphatic carbocycles. The fourth-order valence-electron chi connectivity index (χ4n) is 3.56. The first-order valence-corrected chi connectivity index (χ1v) is 11.6. The summed E-state index contributed by atoms with van der Waals surface area (Å²) in [6, 6.07) is 0. The first-order valence-electron chi connectivity index (χ1n) is 11.6. The molecule has 1 heterocycles. The zero-order chi connectivity index (χ0) is 21.2. The molecule has 0 aromatic carbocycles. The van der Waals surface area contributed by atoms with Crippen molar-refractivity contribution in [2.24, 2.45) is 0 Å². The van der Waals surface area contributed by atoms with Gasteiger partial charge in [-0.05, 0) is 25.8 Å². The molecule has 1 fully saturated rings. The summed E-state index contributed by atoms with van der Waals surface area (Å²) in [6.45, 7) is 7.19. The third kappa shape index (κ3) is 15.7. The van der Waals surface area contributed by atoms with Crippen LogP contribution < -0.4 is 5.32 Å². The molecule has 176 valence electrons. The average molecular weight is 447 g/mol. The number of carbonyl (C=O) groups is 2. The number of carbonyl (C=O) groups excluding carboxylic acids is 1. The summed E-state index contributed by atoms with van der Waals surface area (Å²) in [5, 5.41) is 12.2. The highest BCUT2D eigenvalue weighted by Crippen LogP contribution is 2.12. The van der Waals surface area contributed by atoms with Crippen molar-refractivity contribution in [3.63, 3.8) is 0 Å². The van der Waals surface area contributed by atoms with Gasteiger partial charge in [0.15, 0.2) is 0 Å². The van der Waals surface area contributed by atoms with Crippen molar-refractivity contribution in [2.75, 3.05) is 39.4 Å². The molecular weight excluding hydrogens is 404 g/mol. The first-order chi connectivity index (χ1) is 14.1. The van der Waals surface area contributed by atoms with E-state index in [9.17, 15) is 14.7 Å². The maximum Gasteiger partial charge on any atom is 0.331 e. The minimum atomic E-state index is -0.982. The summed E-state index contributed by atoms with van der Waals surface area (Å²) < 4.78 is 5.31. The van der Waals surface area contributed by atoms with Gasteiger partial charge in [-0.2, -0.15) is 0 Å². The zero-order valence-electron chi connectivity index (χ0n) is 18.8. The van der Waals surface area contributed by atoms with E-state index in [4.69, 9.17) is 4.74 Å². The normalized spacial score (nSPS) is 14.9. The number of nitrogens with one attached hydrogen (secondary N) is 1. The van der Waals surface area contributed by atoms with Crippen molar-refractivity contribution in [3.8, 4) is 0 Å². The van der Waals surface area contributed by atoms with E-state index in [0.29, 0.717) is 6.54 Å². The third-order valence-electron chi connectivity index (χ3n) is 5.40. The molecule has 0 atom stereocenters. The van der Waals surface area contributed by atoms with Crippen LogP contribution in [0, 0.1) is 0 Å². The van der Waals surface area contributed by atoms with E-state index in [-0.39, 0.29) is 30.3 Å². The van der Waals surface area contributed by atoms with Crippen LogP contribution in [0.5, 0.6) is 0 Å². The molecule has 0 unspecified atom stereocenters. The Hall–Kier alpha value is -1.11. The van der Waals surface area contributed by atoms with Crippen LogP contribution in [0.3, 0.4) is 0 Å². The molecule has 30 heavy (non-hydrogen) atoms. The molecule has 0 aromatic rings. The van der Waals surface area contributed by atoms with E-state index in [0.717, 1.165) is 58.5 Å². The monoisotopic (exact) mass is 446 g/mol. The molecule has 7 heteroatoms. The second kappa shape index (κ2) is 19.8. The van der Waals surface area contributed by atoms with Gasteiger partial charge < -0.3 is 15.2 Å². The largest absolute Gasteiger partial charge is 0.478 e. The zero-order valence-corrected chi connectivity index (χ0v) is 19.6. The van der Waals surface area contributed by atoms with Crippen LogP contribution in [-0.2, 0) is 14.3 Å². The van der Waals surface area contributed by atoms with E-state index in [2.05, 4.69) is 17.1 Å². The molecule has 6 nitrogen and oxygen atoms in total. The van der Waals surface area contributed by atoms with E-state index in [1.807, 2.05) is 0 Å². The SMILES string of the molecule is CCCCCCCCCCC/C=C(\CC(=O)NCCCN1CCOCC1)C(=O)O.Cl. The van der Waals surface area contributed by atoms with Crippen molar-refractivity contribution in [1.82, 2.24) is 10.2 Å². The van der Waals surface area contributed by atoms with Gasteiger partial charge in [0, 0.05) is 25.2 Å². The number of aliphatic carboxylic acids is 1. The van der Waals surface area contributed by atoms with Gasteiger partial charge in [-0.25, -0.2) is 4.79 Å². The number of rotatable bonds is 17. The van der Waals surface area contributed by atoms with Crippen LogP contribution in [-0.4, -0.2) is 61.3 Å². The summed E-state index contributed by atoms with van der Waals surface area (Å²) in [6.07, 6.45) is 14.5. The number of halogens is 1. The highest BCUT2D eigenvalue weighted by Gasteiger charge is 2.13. The number of hydrogen-bond acceptors (Lipinski definition) is 4. The summed E-state index contributed by atoms with van der Waals surface area (Å²) in [5.74, 6) is -1.18. The predicted octanol–water partition coefficient (Wildman–Crippen LogP) is 4.57. The van der Waals surface area contributed by atoms with Gasteiger partial charge in [0.1, 0.15) is 0 Å². The number of allylic oxidation sites excluding steroid dienone is 1. The predicted molar refractivity (Wildman–Crippen MR) is 124 cm³/mol. The molecule has 1 amide bonds. The fraction of sp³-hybridized carbons (Fsp3) is 0.826. The highest BCUT2D eigenvalue weighted by atomic mass is 35.5. The molecule has 1 rings (SSSR count). The maximum atomic E-state index is 12.0. The number of ether oxygens (including phenoxy) is 1. The minimum Gasteiger partial charge on any atom is -0.478 e. The smallest absolute Gasteiger partial charge is 0.331 e. The van der Waals surface area contributed by atoms with Crippen LogP contribution in [0.25, 0.3) is 0 Å². The van der Waals surface area contributed by atoms with Crippen molar-refractivity contribution in [2.45, 2.75) is 84.0 Å². The van der Waals surface area contributed by atoms with E-state index >= 15 is 0 Å². The Kier molecular flexibility index (Phi) is 19.1. The van der Waals surface area contributed by atoms with Gasteiger partial charge in [0.25, 0.3) is 0 Å². The molecule has 1 aliphatic heterocycles. The third-order valence-corrected chi connectivity index (χ3v) is 5.40. The van der Waals surface area contributed by atoms with Gasteiger partial charge in [0.05, 0.1) is 19.6 Å². The minimum absolute atomic E-state index is 0. The van der Waals surface area contributed by atoms with Crippen molar-refractivity contribution in [1.29, 1.82) is 0 Å². The lowest BCUT2D eigenvalue weighted by molar-refractivity contribution is -0.134. The molecule has 2 N–H and O–H groups in total. The Labute approximate surface area is 189 Å². The van der Waals surface area contributed by atoms with Crippen LogP contribution >= 0.6 is 12.4 Å². The molecule has 1 aliphatic rings. The maximum absolute atomic E-state index is 12.0. The number of nitrogens with zero attached hydrogens (tertiary/aromatic N) is 1. The second-order valence-corrected chi connectivity index (χ2v) is 7.99. The van der Waals surface area contributed by atoms with Crippen molar-refractivity contribution in [3.05, 3.63) is 11.6 Å². The van der Waals surface area contributed by atoms with Gasteiger partial charge in [-0.15, -0.1) is 12.4 Å². The Morgan fingerprint density at radius 3 is 2.17 bits per heavy atom. The summed E-state index contributed by atoms with van der Waals surface area (Å²) in [4.78, 5) is 25.8. The Morgan fingerprint density at radius 1 is 0.967 bits per heavy atom. The van der Waals surface area contributed by atoms with E-state index in [1.165, 1.54) is 44.9 Å². The summed E-state index contributed by atoms with van der Waals surface area (Å²) >= 11 is 0.